The Bertz CT molecular complexity index is 4510. The molecule has 0 saturated carbocycles. The number of hydrogen-bond acceptors (Lipinski definition) is 16. The van der Waals surface area contributed by atoms with Gasteiger partial charge in [0.15, 0.2) is 22.3 Å². The standard InChI is InChI=1S/2C18H16N2O3.C17H17NO3.C15H12BrNO3.CH3.W/c2*1-2-10-3-5-12-11(9-10)4-7-14-16(12)17(20-23-14)13-6-8-15(21)19-18(13)22;1-3-11-5-7-13-12(9-11)6-8-15-17(13)14(18-21-15)10-16(19)20-4-2;1-2-19-14(18)8-12-15-11-5-4-10(16)7-9(11)3-6-13(15)20-17-12;;/h2*3-5,7,9,13H,2,6,8H2,1H3,(H,19,21,22);5-9H,3-4,10H2,1-2H3;3-7H,2,8H2,1H3;1H3;/q;;;;-1;. The molecule has 2 saturated heterocycles. The van der Waals surface area contributed by atoms with Crippen LogP contribution in [0, 0.1) is 7.43 Å². The molecule has 6 heterocycles. The predicted octanol–water partition coefficient (Wildman–Crippen LogP) is 14.1. The number of carbonyl (C=O) groups excluding carboxylic acids is 6. The third kappa shape index (κ3) is 13.7. The largest absolute Gasteiger partial charge is 0.466 e. The zero-order chi connectivity index (χ0) is 60.9. The van der Waals surface area contributed by atoms with E-state index in [9.17, 15) is 28.8 Å². The van der Waals surface area contributed by atoms with Gasteiger partial charge in [-0.3, -0.25) is 39.4 Å². The number of ether oxygens (including phenoxy) is 2. The molecule has 2 N–H and O–H groups in total. The zero-order valence-corrected chi connectivity index (χ0v) is 54.5. The van der Waals surface area contributed by atoms with Crippen LogP contribution in [0.5, 0.6) is 0 Å². The third-order valence-corrected chi connectivity index (χ3v) is 16.3. The number of hydrogen-bond donors (Lipinski definition) is 2. The van der Waals surface area contributed by atoms with Gasteiger partial charge in [-0.05, 0) is 142 Å². The molecule has 0 spiro atoms. The predicted molar refractivity (Wildman–Crippen MR) is 339 cm³/mol. The number of imide groups is 2. The van der Waals surface area contributed by atoms with Gasteiger partial charge in [0.1, 0.15) is 22.8 Å². The smallest absolute Gasteiger partial charge is 0.312 e. The minimum atomic E-state index is -0.439. The molecule has 4 amide bonds. The first-order valence-electron chi connectivity index (χ1n) is 29.1. The first kappa shape index (κ1) is 64.5. The zero-order valence-electron chi connectivity index (χ0n) is 50.0. The van der Waals surface area contributed by atoms with E-state index in [1.54, 1.807) is 13.8 Å². The van der Waals surface area contributed by atoms with Crippen molar-refractivity contribution in [2.45, 2.75) is 104 Å². The molecule has 2 unspecified atom stereocenters. The maximum absolute atomic E-state index is 12.2. The Morgan fingerprint density at radius 1 is 0.472 bits per heavy atom. The van der Waals surface area contributed by atoms with Gasteiger partial charge in [-0.1, -0.05) is 142 Å². The topological polar surface area (TPSA) is 249 Å². The Labute approximate surface area is 534 Å². The number of benzene rings is 8. The van der Waals surface area contributed by atoms with Crippen molar-refractivity contribution in [2.24, 2.45) is 0 Å². The Hall–Kier alpha value is -8.93. The summed E-state index contributed by atoms with van der Waals surface area (Å²) in [5, 5.41) is 33.2. The molecule has 8 aromatic carbocycles. The van der Waals surface area contributed by atoms with Crippen molar-refractivity contribution < 1.29 is 77.4 Å². The number of aromatic nitrogens is 4. The molecule has 14 rings (SSSR count). The first-order chi connectivity index (χ1) is 42.2. The van der Waals surface area contributed by atoms with Gasteiger partial charge in [0.2, 0.25) is 23.6 Å². The van der Waals surface area contributed by atoms with Gasteiger partial charge in [-0.2, -0.15) is 0 Å². The fraction of sp³-hybridized carbons (Fsp3) is 0.261. The van der Waals surface area contributed by atoms with E-state index >= 15 is 0 Å². The summed E-state index contributed by atoms with van der Waals surface area (Å²) in [7, 11) is 0. The number of halogens is 1. The maximum Gasteiger partial charge on any atom is 0.312 e. The summed E-state index contributed by atoms with van der Waals surface area (Å²) in [6.45, 7) is 10.7. The van der Waals surface area contributed by atoms with Crippen LogP contribution >= 0.6 is 15.9 Å². The van der Waals surface area contributed by atoms with Crippen molar-refractivity contribution in [2.75, 3.05) is 13.2 Å². The van der Waals surface area contributed by atoms with Crippen molar-refractivity contribution >= 4 is 138 Å². The molecule has 4 aromatic heterocycles. The number of nitrogens with zero attached hydrogens (tertiary/aromatic N) is 4. The summed E-state index contributed by atoms with van der Waals surface area (Å²) in [6.07, 6.45) is 4.78. The molecule has 2 aliphatic rings. The molecule has 0 bridgehead atoms. The fourth-order valence-corrected chi connectivity index (χ4v) is 11.7. The van der Waals surface area contributed by atoms with E-state index in [4.69, 9.17) is 27.6 Å². The molecule has 2 aliphatic heterocycles. The van der Waals surface area contributed by atoms with Crippen LogP contribution in [-0.4, -0.2) is 69.4 Å². The van der Waals surface area contributed by atoms with Gasteiger partial charge in [-0.25, -0.2) is 0 Å². The number of fused-ring (bicyclic) bond motifs is 12. The molecule has 18 nitrogen and oxygen atoms in total. The van der Waals surface area contributed by atoms with Crippen LogP contribution in [0.3, 0.4) is 0 Å². The second-order valence-electron chi connectivity index (χ2n) is 21.2. The Morgan fingerprint density at radius 2 is 0.809 bits per heavy atom. The Morgan fingerprint density at radius 3 is 1.17 bits per heavy atom. The van der Waals surface area contributed by atoms with Crippen LogP contribution in [-0.2, 0) is 91.4 Å². The maximum atomic E-state index is 12.2. The number of aryl methyl sites for hydroxylation is 3. The average molecular weight is 1430 g/mol. The Balaban J connectivity index is 0.000000140. The van der Waals surface area contributed by atoms with Gasteiger partial charge < -0.3 is 35.0 Å². The van der Waals surface area contributed by atoms with E-state index in [1.807, 2.05) is 66.7 Å². The van der Waals surface area contributed by atoms with Crippen LogP contribution in [0.1, 0.15) is 112 Å². The molecule has 2 atom stereocenters. The monoisotopic (exact) mass is 1430 g/mol. The van der Waals surface area contributed by atoms with Crippen molar-refractivity contribution in [1.82, 2.24) is 31.3 Å². The van der Waals surface area contributed by atoms with Gasteiger partial charge in [-0.15, -0.1) is 0 Å². The number of rotatable bonds is 11. The summed E-state index contributed by atoms with van der Waals surface area (Å²) in [5.41, 5.74) is 9.02. The van der Waals surface area contributed by atoms with Crippen LogP contribution in [0.2, 0.25) is 0 Å². The molecule has 0 radical (unpaired) electrons. The molecular formula is C69H64BrN6O12W-. The number of piperidine rings is 2. The van der Waals surface area contributed by atoms with E-state index in [2.05, 4.69) is 123 Å². The van der Waals surface area contributed by atoms with Gasteiger partial charge in [0.05, 0.1) is 59.4 Å². The second-order valence-corrected chi connectivity index (χ2v) is 22.1. The molecule has 2 fully saturated rings. The third-order valence-electron chi connectivity index (χ3n) is 15.8. The molecular weight excluding hydrogens is 1370 g/mol. The molecule has 0 aliphatic carbocycles. The molecule has 20 heteroatoms. The van der Waals surface area contributed by atoms with Crippen molar-refractivity contribution in [3.8, 4) is 0 Å². The molecule has 12 aromatic rings. The molecule has 456 valence electrons. The fourth-order valence-electron chi connectivity index (χ4n) is 11.4. The van der Waals surface area contributed by atoms with Gasteiger partial charge >= 0.3 is 11.9 Å². The SMILES string of the molecule is CCOC(=O)Cc1noc2ccc3cc(Br)ccc3c12.CCOC(=O)Cc1noc2ccc3cc(CC)ccc3c12.CCc1ccc2c(ccc3onc(C4CCC(=O)NC4=O)c32)c1.CCc1ccc2c(ccc3onc(C4CCC(=O)NC4=O)c32)c1.[CH3-].[W]. The van der Waals surface area contributed by atoms with E-state index in [-0.39, 0.29) is 76.9 Å². The van der Waals surface area contributed by atoms with Crippen LogP contribution in [0.25, 0.3) is 87.0 Å². The summed E-state index contributed by atoms with van der Waals surface area (Å²) in [4.78, 5) is 70.4. The van der Waals surface area contributed by atoms with Crippen molar-refractivity contribution in [3.63, 3.8) is 0 Å². The van der Waals surface area contributed by atoms with E-state index < -0.39 is 11.8 Å². The number of amides is 4. The minimum absolute atomic E-state index is 0. The first-order valence-corrected chi connectivity index (χ1v) is 29.9. The normalized spacial score (nSPS) is 14.7. The van der Waals surface area contributed by atoms with E-state index in [0.717, 1.165) is 88.4 Å². The van der Waals surface area contributed by atoms with Crippen LogP contribution in [0.4, 0.5) is 0 Å². The number of nitrogens with one attached hydrogen (secondary N) is 2. The van der Waals surface area contributed by atoms with Crippen LogP contribution in [0.15, 0.2) is 144 Å². The number of esters is 2. The molecule has 89 heavy (non-hydrogen) atoms. The summed E-state index contributed by atoms with van der Waals surface area (Å²) < 4.78 is 32.5. The summed E-state index contributed by atoms with van der Waals surface area (Å²) in [5.74, 6) is -2.49. The van der Waals surface area contributed by atoms with E-state index in [0.29, 0.717) is 84.0 Å². The van der Waals surface area contributed by atoms with E-state index in [1.165, 1.54) is 16.7 Å². The number of carbonyl (C=O) groups is 6. The van der Waals surface area contributed by atoms with Crippen LogP contribution < -0.4 is 10.6 Å². The van der Waals surface area contributed by atoms with Gasteiger partial charge in [0, 0.05) is 38.4 Å². The quantitative estimate of drug-likeness (QED) is 0.0694. The summed E-state index contributed by atoms with van der Waals surface area (Å²) in [6, 6.07) is 40.5. The van der Waals surface area contributed by atoms with Crippen molar-refractivity contribution in [1.29, 1.82) is 0 Å². The minimum Gasteiger partial charge on any atom is -0.466 e. The average Bonchev–Trinajstić information content (AvgIpc) is 1.96. The Kier molecular flexibility index (Phi) is 20.7. The van der Waals surface area contributed by atoms with Gasteiger partial charge in [0.25, 0.3) is 0 Å². The summed E-state index contributed by atoms with van der Waals surface area (Å²) >= 11 is 3.45. The second kappa shape index (κ2) is 28.5. The van der Waals surface area contributed by atoms with Crippen molar-refractivity contribution in [3.05, 3.63) is 173 Å².